The van der Waals surface area contributed by atoms with E-state index in [-0.39, 0.29) is 12.5 Å². The SMILES string of the molecule is CN(Cc1ccc(OCC(=O)N2CCOCC2)cc1)C[C@@]1(O)CCN(c2ccccn2)C1. The lowest BCUT2D eigenvalue weighted by atomic mass is 10.0. The summed E-state index contributed by atoms with van der Waals surface area (Å²) in [5, 5.41) is 11.1. The van der Waals surface area contributed by atoms with Gasteiger partial charge in [0.25, 0.3) is 5.91 Å². The Morgan fingerprint density at radius 3 is 2.69 bits per heavy atom. The minimum atomic E-state index is -0.755. The third-order valence-electron chi connectivity index (χ3n) is 5.97. The Labute approximate surface area is 189 Å². The zero-order chi connectivity index (χ0) is 22.4. The number of amides is 1. The lowest BCUT2D eigenvalue weighted by Gasteiger charge is -2.29. The van der Waals surface area contributed by atoms with Gasteiger partial charge in [0.05, 0.1) is 18.8 Å². The maximum Gasteiger partial charge on any atom is 0.260 e. The minimum absolute atomic E-state index is 0.0123. The predicted octanol–water partition coefficient (Wildman–Crippen LogP) is 1.39. The fourth-order valence-electron chi connectivity index (χ4n) is 4.33. The summed E-state index contributed by atoms with van der Waals surface area (Å²) in [5.74, 6) is 1.58. The maximum atomic E-state index is 12.2. The van der Waals surface area contributed by atoms with Crippen molar-refractivity contribution in [1.29, 1.82) is 0 Å². The number of morpholine rings is 1. The fraction of sp³-hybridized carbons (Fsp3) is 0.500. The summed E-state index contributed by atoms with van der Waals surface area (Å²) in [5.41, 5.74) is 0.373. The first-order valence-electron chi connectivity index (χ1n) is 11.1. The molecule has 0 spiro atoms. The van der Waals surface area contributed by atoms with Gasteiger partial charge in [-0.2, -0.15) is 0 Å². The van der Waals surface area contributed by atoms with Crippen LogP contribution in [-0.4, -0.2) is 91.0 Å². The molecule has 8 nitrogen and oxygen atoms in total. The monoisotopic (exact) mass is 440 g/mol. The molecular formula is C24H32N4O4. The number of likely N-dealkylation sites (N-methyl/N-ethyl adjacent to an activating group) is 1. The molecule has 1 aromatic heterocycles. The highest BCUT2D eigenvalue weighted by molar-refractivity contribution is 5.77. The zero-order valence-electron chi connectivity index (χ0n) is 18.7. The standard InChI is InChI=1S/C24H32N4O4/c1-26(18-24(30)9-11-28(19-24)22-4-2-3-10-25-22)16-20-5-7-21(8-6-20)32-17-23(29)27-12-14-31-15-13-27/h2-8,10,30H,9,11-19H2,1H3/t24-/m0/s1. The highest BCUT2D eigenvalue weighted by Crippen LogP contribution is 2.26. The molecule has 0 radical (unpaired) electrons. The van der Waals surface area contributed by atoms with E-state index < -0.39 is 5.60 Å². The first-order chi connectivity index (χ1) is 15.5. The molecule has 4 rings (SSSR count). The van der Waals surface area contributed by atoms with Crippen molar-refractivity contribution in [3.63, 3.8) is 0 Å². The number of carbonyl (C=O) groups excluding carboxylic acids is 1. The lowest BCUT2D eigenvalue weighted by molar-refractivity contribution is -0.137. The molecule has 2 aromatic rings. The smallest absolute Gasteiger partial charge is 0.260 e. The van der Waals surface area contributed by atoms with Gasteiger partial charge in [-0.3, -0.25) is 9.69 Å². The molecule has 1 amide bonds. The average molecular weight is 441 g/mol. The summed E-state index contributed by atoms with van der Waals surface area (Å²) in [4.78, 5) is 22.6. The van der Waals surface area contributed by atoms with Gasteiger partial charge in [-0.05, 0) is 43.3 Å². The Balaban J connectivity index is 1.23. The molecule has 1 N–H and O–H groups in total. The van der Waals surface area contributed by atoms with Crippen molar-refractivity contribution >= 4 is 11.7 Å². The van der Waals surface area contributed by atoms with Gasteiger partial charge in [0.15, 0.2) is 6.61 Å². The van der Waals surface area contributed by atoms with Gasteiger partial charge in [0.2, 0.25) is 0 Å². The predicted molar refractivity (Wildman–Crippen MR) is 122 cm³/mol. The van der Waals surface area contributed by atoms with Crippen LogP contribution in [-0.2, 0) is 16.1 Å². The van der Waals surface area contributed by atoms with Gasteiger partial charge < -0.3 is 24.4 Å². The van der Waals surface area contributed by atoms with E-state index in [1.165, 1.54) is 0 Å². The van der Waals surface area contributed by atoms with Crippen LogP contribution in [0.2, 0.25) is 0 Å². The first kappa shape index (κ1) is 22.5. The number of rotatable bonds is 8. The van der Waals surface area contributed by atoms with E-state index in [1.54, 1.807) is 11.1 Å². The second kappa shape index (κ2) is 10.3. The first-order valence-corrected chi connectivity index (χ1v) is 11.1. The molecule has 172 valence electrons. The quantitative estimate of drug-likeness (QED) is 0.665. The van der Waals surface area contributed by atoms with E-state index in [4.69, 9.17) is 9.47 Å². The van der Waals surface area contributed by atoms with Gasteiger partial charge in [0.1, 0.15) is 11.6 Å². The fourth-order valence-corrected chi connectivity index (χ4v) is 4.33. The van der Waals surface area contributed by atoms with Crippen LogP contribution in [0.5, 0.6) is 5.75 Å². The number of aliphatic hydroxyl groups is 1. The van der Waals surface area contributed by atoms with E-state index in [9.17, 15) is 9.90 Å². The lowest BCUT2D eigenvalue weighted by Crippen LogP contribution is -2.43. The summed E-state index contributed by atoms with van der Waals surface area (Å²) < 4.78 is 10.9. The summed E-state index contributed by atoms with van der Waals surface area (Å²) in [6, 6.07) is 13.6. The van der Waals surface area contributed by atoms with E-state index in [1.807, 2.05) is 49.5 Å². The number of carbonyl (C=O) groups is 1. The zero-order valence-corrected chi connectivity index (χ0v) is 18.7. The van der Waals surface area contributed by atoms with Crippen LogP contribution in [0, 0.1) is 0 Å². The van der Waals surface area contributed by atoms with Crippen LogP contribution < -0.4 is 9.64 Å². The summed E-state index contributed by atoms with van der Waals surface area (Å²) >= 11 is 0. The maximum absolute atomic E-state index is 12.2. The van der Waals surface area contributed by atoms with E-state index in [0.717, 1.165) is 30.9 Å². The third-order valence-corrected chi connectivity index (χ3v) is 5.97. The molecule has 3 heterocycles. The van der Waals surface area contributed by atoms with Gasteiger partial charge >= 0.3 is 0 Å². The Bertz CT molecular complexity index is 873. The summed E-state index contributed by atoms with van der Waals surface area (Å²) in [6.45, 7) is 5.16. The molecule has 0 saturated carbocycles. The molecule has 0 unspecified atom stereocenters. The molecule has 2 fully saturated rings. The number of hydrogen-bond acceptors (Lipinski definition) is 7. The molecule has 2 aliphatic heterocycles. The number of aromatic nitrogens is 1. The molecule has 2 saturated heterocycles. The number of β-amino-alcohol motifs (C(OH)–C–C–N with tert-alkyl or cyclic N) is 1. The molecule has 32 heavy (non-hydrogen) atoms. The highest BCUT2D eigenvalue weighted by atomic mass is 16.5. The van der Waals surface area contributed by atoms with Gasteiger partial charge in [0, 0.05) is 45.5 Å². The van der Waals surface area contributed by atoms with Crippen LogP contribution in [0.4, 0.5) is 5.82 Å². The normalized spacial score (nSPS) is 21.2. The van der Waals surface area contributed by atoms with E-state index >= 15 is 0 Å². The van der Waals surface area contributed by atoms with E-state index in [2.05, 4.69) is 14.8 Å². The molecule has 2 aliphatic rings. The van der Waals surface area contributed by atoms with Crippen molar-refractivity contribution in [1.82, 2.24) is 14.8 Å². The summed E-state index contributed by atoms with van der Waals surface area (Å²) in [7, 11) is 2.02. The molecule has 8 heteroatoms. The third kappa shape index (κ3) is 5.97. The second-order valence-electron chi connectivity index (χ2n) is 8.68. The van der Waals surface area contributed by atoms with Gasteiger partial charge in [-0.15, -0.1) is 0 Å². The molecular weight excluding hydrogens is 408 g/mol. The Hall–Kier alpha value is -2.68. The van der Waals surface area contributed by atoms with Crippen LogP contribution in [0.1, 0.15) is 12.0 Å². The minimum Gasteiger partial charge on any atom is -0.484 e. The van der Waals surface area contributed by atoms with Crippen LogP contribution in [0.3, 0.4) is 0 Å². The van der Waals surface area contributed by atoms with E-state index in [0.29, 0.717) is 45.1 Å². The van der Waals surface area contributed by atoms with Crippen molar-refractivity contribution in [3.8, 4) is 5.75 Å². The van der Waals surface area contributed by atoms with Gasteiger partial charge in [-0.25, -0.2) is 4.98 Å². The number of anilines is 1. The van der Waals surface area contributed by atoms with Gasteiger partial charge in [-0.1, -0.05) is 18.2 Å². The number of nitrogens with zero attached hydrogens (tertiary/aromatic N) is 4. The summed E-state index contributed by atoms with van der Waals surface area (Å²) in [6.07, 6.45) is 2.50. The largest absolute Gasteiger partial charge is 0.484 e. The topological polar surface area (TPSA) is 78.4 Å². The van der Waals surface area contributed by atoms with Crippen molar-refractivity contribution in [3.05, 3.63) is 54.2 Å². The Morgan fingerprint density at radius 1 is 1.19 bits per heavy atom. The number of pyridine rings is 1. The van der Waals surface area contributed by atoms with Crippen molar-refractivity contribution in [2.75, 3.05) is 64.5 Å². The van der Waals surface area contributed by atoms with Crippen molar-refractivity contribution in [2.45, 2.75) is 18.6 Å². The molecule has 0 aliphatic carbocycles. The Morgan fingerprint density at radius 2 is 1.97 bits per heavy atom. The molecule has 1 atom stereocenters. The molecule has 0 bridgehead atoms. The molecule has 1 aromatic carbocycles. The van der Waals surface area contributed by atoms with Crippen LogP contribution in [0.25, 0.3) is 0 Å². The number of hydrogen-bond donors (Lipinski definition) is 1. The van der Waals surface area contributed by atoms with Crippen LogP contribution in [0.15, 0.2) is 48.7 Å². The highest BCUT2D eigenvalue weighted by Gasteiger charge is 2.37. The van der Waals surface area contributed by atoms with Crippen LogP contribution >= 0.6 is 0 Å². The Kier molecular flexibility index (Phi) is 7.24. The number of ether oxygens (including phenoxy) is 2. The van der Waals surface area contributed by atoms with Crippen molar-refractivity contribution < 1.29 is 19.4 Å². The van der Waals surface area contributed by atoms with Crippen molar-refractivity contribution in [2.24, 2.45) is 0 Å². The number of benzene rings is 1. The average Bonchev–Trinajstić information content (AvgIpc) is 3.21. The second-order valence-corrected chi connectivity index (χ2v) is 8.68.